The number of alkyl carbamates (subject to hydrolysis) is 1. The number of unbranched alkanes of at least 4 members (excludes halogenated alkanes) is 12. The quantitative estimate of drug-likeness (QED) is 0.200. The zero-order chi connectivity index (χ0) is 25.7. The van der Waals surface area contributed by atoms with Gasteiger partial charge in [-0.15, -0.1) is 0 Å². The third-order valence-electron chi connectivity index (χ3n) is 7.14. The first kappa shape index (κ1) is 30.6. The molecule has 2 N–H and O–H groups in total. The number of aliphatic hydroxyl groups is 1. The summed E-state index contributed by atoms with van der Waals surface area (Å²) in [6, 6.07) is 9.32. The molecule has 0 radical (unpaired) electrons. The van der Waals surface area contributed by atoms with Gasteiger partial charge in [-0.1, -0.05) is 121 Å². The maximum Gasteiger partial charge on any atom is 0.407 e. The van der Waals surface area contributed by atoms with Crippen LogP contribution in [-0.2, 0) is 16.1 Å². The minimum Gasteiger partial charge on any atom is -0.445 e. The van der Waals surface area contributed by atoms with E-state index in [1.54, 1.807) is 0 Å². The molecule has 0 spiro atoms. The summed E-state index contributed by atoms with van der Waals surface area (Å²) in [4.78, 5) is 14.7. The van der Waals surface area contributed by atoms with Gasteiger partial charge in [0.15, 0.2) is 0 Å². The molecule has 1 aromatic carbocycles. The van der Waals surface area contributed by atoms with E-state index in [2.05, 4.69) is 17.1 Å². The first-order valence-corrected chi connectivity index (χ1v) is 14.6. The summed E-state index contributed by atoms with van der Waals surface area (Å²) in [5.41, 5.74) is 0.949. The fraction of sp³-hybridized carbons (Fsp3) is 0.767. The zero-order valence-corrected chi connectivity index (χ0v) is 22.8. The van der Waals surface area contributed by atoms with Gasteiger partial charge in [-0.2, -0.15) is 0 Å². The van der Waals surface area contributed by atoms with Crippen molar-refractivity contribution in [3.8, 4) is 0 Å². The van der Waals surface area contributed by atoms with Crippen molar-refractivity contribution in [3.05, 3.63) is 35.9 Å². The highest BCUT2D eigenvalue weighted by molar-refractivity contribution is 5.67. The second-order valence-corrected chi connectivity index (χ2v) is 10.3. The van der Waals surface area contributed by atoms with E-state index in [0.717, 1.165) is 31.5 Å². The molecule has 2 rings (SSSR count). The van der Waals surface area contributed by atoms with Gasteiger partial charge in [-0.05, 0) is 12.0 Å². The van der Waals surface area contributed by atoms with E-state index < -0.39 is 12.2 Å². The number of carbonyl (C=O) groups excluding carboxylic acids is 1. The molecule has 1 fully saturated rings. The minimum atomic E-state index is -0.579. The second-order valence-electron chi connectivity index (χ2n) is 10.3. The van der Waals surface area contributed by atoms with Gasteiger partial charge in [0.2, 0.25) is 0 Å². The van der Waals surface area contributed by atoms with Crippen molar-refractivity contribution in [1.82, 2.24) is 10.2 Å². The maximum atomic E-state index is 12.5. The van der Waals surface area contributed by atoms with Gasteiger partial charge in [-0.25, -0.2) is 4.79 Å². The van der Waals surface area contributed by atoms with Gasteiger partial charge in [0, 0.05) is 19.6 Å². The number of morpholine rings is 1. The molecule has 1 aliphatic heterocycles. The molecule has 1 amide bonds. The predicted molar refractivity (Wildman–Crippen MR) is 147 cm³/mol. The van der Waals surface area contributed by atoms with Gasteiger partial charge in [-0.3, -0.25) is 4.90 Å². The fourth-order valence-electron chi connectivity index (χ4n) is 4.81. The Morgan fingerprint density at radius 3 is 2.06 bits per heavy atom. The Bertz CT molecular complexity index is 652. The van der Waals surface area contributed by atoms with E-state index in [1.165, 1.54) is 70.6 Å². The van der Waals surface area contributed by atoms with Crippen LogP contribution < -0.4 is 5.32 Å². The average Bonchev–Trinajstić information content (AvgIpc) is 2.91. The van der Waals surface area contributed by atoms with Crippen molar-refractivity contribution in [2.24, 2.45) is 0 Å². The second kappa shape index (κ2) is 20.4. The Kier molecular flexibility index (Phi) is 17.4. The Labute approximate surface area is 220 Å². The summed E-state index contributed by atoms with van der Waals surface area (Å²) in [5.74, 6) is 0. The molecule has 206 valence electrons. The molecule has 0 bridgehead atoms. The molecule has 2 atom stereocenters. The molecule has 6 nitrogen and oxygen atoms in total. The number of carbonyl (C=O) groups is 1. The van der Waals surface area contributed by atoms with Crippen LogP contribution >= 0.6 is 0 Å². The standard InChI is InChI=1S/C30H52N2O4/c1-2-3-4-5-6-7-8-9-10-11-12-13-17-20-29(33)28(25-32-21-23-35-24-22-32)31-30(34)36-26-27-18-15-14-16-19-27/h14-16,18-19,28-29,33H,2-13,17,20-26H2,1H3,(H,31,34)/t28-,29-/m0/s1. The van der Waals surface area contributed by atoms with E-state index in [0.29, 0.717) is 26.2 Å². The summed E-state index contributed by atoms with van der Waals surface area (Å²) >= 11 is 0. The summed E-state index contributed by atoms with van der Waals surface area (Å²) in [5, 5.41) is 13.9. The summed E-state index contributed by atoms with van der Waals surface area (Å²) in [6.45, 7) is 6.15. The van der Waals surface area contributed by atoms with Crippen molar-refractivity contribution in [1.29, 1.82) is 0 Å². The number of amides is 1. The van der Waals surface area contributed by atoms with E-state index in [1.807, 2.05) is 30.3 Å². The molecule has 1 aliphatic rings. The number of aliphatic hydroxyl groups excluding tert-OH is 1. The Morgan fingerprint density at radius 2 is 1.47 bits per heavy atom. The molecule has 36 heavy (non-hydrogen) atoms. The van der Waals surface area contributed by atoms with Crippen molar-refractivity contribution >= 4 is 6.09 Å². The Morgan fingerprint density at radius 1 is 0.917 bits per heavy atom. The lowest BCUT2D eigenvalue weighted by Gasteiger charge is -2.32. The maximum absolute atomic E-state index is 12.5. The molecule has 0 aromatic heterocycles. The lowest BCUT2D eigenvalue weighted by Crippen LogP contribution is -2.52. The third-order valence-corrected chi connectivity index (χ3v) is 7.14. The zero-order valence-electron chi connectivity index (χ0n) is 22.8. The van der Waals surface area contributed by atoms with Crippen LogP contribution in [0, 0.1) is 0 Å². The normalized spacial score (nSPS) is 15.9. The van der Waals surface area contributed by atoms with Gasteiger partial charge in [0.05, 0.1) is 25.4 Å². The number of nitrogens with one attached hydrogen (secondary N) is 1. The first-order valence-electron chi connectivity index (χ1n) is 14.6. The molecule has 1 aromatic rings. The molecule has 0 saturated carbocycles. The number of ether oxygens (including phenoxy) is 2. The number of nitrogens with zero attached hydrogens (tertiary/aromatic N) is 1. The monoisotopic (exact) mass is 504 g/mol. The Balaban J connectivity index is 1.60. The lowest BCUT2D eigenvalue weighted by atomic mass is 10.0. The van der Waals surface area contributed by atoms with Crippen LogP contribution in [0.15, 0.2) is 30.3 Å². The van der Waals surface area contributed by atoms with Crippen molar-refractivity contribution in [2.75, 3.05) is 32.8 Å². The third kappa shape index (κ3) is 14.8. The Hall–Kier alpha value is -1.63. The number of benzene rings is 1. The van der Waals surface area contributed by atoms with Crippen LogP contribution in [0.1, 0.15) is 102 Å². The molecule has 1 saturated heterocycles. The van der Waals surface area contributed by atoms with E-state index in [9.17, 15) is 9.90 Å². The topological polar surface area (TPSA) is 71.0 Å². The summed E-state index contributed by atoms with van der Waals surface area (Å²) in [6.07, 6.45) is 16.6. The van der Waals surface area contributed by atoms with Crippen molar-refractivity contribution in [3.63, 3.8) is 0 Å². The van der Waals surface area contributed by atoms with Crippen LogP contribution in [0.5, 0.6) is 0 Å². The van der Waals surface area contributed by atoms with Crippen LogP contribution in [0.3, 0.4) is 0 Å². The SMILES string of the molecule is CCCCCCCCCCCCCCC[C@H](O)[C@H](CN1CCOCC1)NC(=O)OCc1ccccc1. The van der Waals surface area contributed by atoms with Gasteiger partial charge in [0.1, 0.15) is 6.61 Å². The minimum absolute atomic E-state index is 0.228. The highest BCUT2D eigenvalue weighted by atomic mass is 16.5. The van der Waals surface area contributed by atoms with E-state index in [4.69, 9.17) is 9.47 Å². The van der Waals surface area contributed by atoms with Crippen molar-refractivity contribution in [2.45, 2.75) is 116 Å². The van der Waals surface area contributed by atoms with E-state index in [-0.39, 0.29) is 12.6 Å². The molecule has 0 aliphatic carbocycles. The average molecular weight is 505 g/mol. The molecule has 0 unspecified atom stereocenters. The smallest absolute Gasteiger partial charge is 0.407 e. The summed E-state index contributed by atoms with van der Waals surface area (Å²) < 4.78 is 10.9. The highest BCUT2D eigenvalue weighted by Crippen LogP contribution is 2.15. The lowest BCUT2D eigenvalue weighted by molar-refractivity contribution is 0.0182. The number of hydrogen-bond donors (Lipinski definition) is 2. The van der Waals surface area contributed by atoms with Gasteiger partial charge in [0.25, 0.3) is 0 Å². The number of rotatable bonds is 20. The van der Waals surface area contributed by atoms with Crippen molar-refractivity contribution < 1.29 is 19.4 Å². The highest BCUT2D eigenvalue weighted by Gasteiger charge is 2.25. The predicted octanol–water partition coefficient (Wildman–Crippen LogP) is 6.46. The number of hydrogen-bond acceptors (Lipinski definition) is 5. The fourth-order valence-corrected chi connectivity index (χ4v) is 4.81. The van der Waals surface area contributed by atoms with Crippen LogP contribution in [0.2, 0.25) is 0 Å². The molecule has 6 heteroatoms. The van der Waals surface area contributed by atoms with Gasteiger partial charge < -0.3 is 19.9 Å². The van der Waals surface area contributed by atoms with Gasteiger partial charge >= 0.3 is 6.09 Å². The first-order chi connectivity index (χ1) is 17.7. The molecular weight excluding hydrogens is 452 g/mol. The largest absolute Gasteiger partial charge is 0.445 e. The van der Waals surface area contributed by atoms with E-state index >= 15 is 0 Å². The van der Waals surface area contributed by atoms with Crippen LogP contribution in [0.25, 0.3) is 0 Å². The molecular formula is C30H52N2O4. The van der Waals surface area contributed by atoms with Crippen LogP contribution in [-0.4, -0.2) is 61.1 Å². The molecule has 1 heterocycles. The van der Waals surface area contributed by atoms with Crippen LogP contribution in [0.4, 0.5) is 4.79 Å². The summed E-state index contributed by atoms with van der Waals surface area (Å²) in [7, 11) is 0.